The summed E-state index contributed by atoms with van der Waals surface area (Å²) < 4.78 is 27.2. The smallest absolute Gasteiger partial charge is 0.130 e. The Bertz CT molecular complexity index is 402. The van der Waals surface area contributed by atoms with Crippen LogP contribution in [0, 0.1) is 17.6 Å². The lowest BCUT2D eigenvalue weighted by Crippen LogP contribution is -2.40. The number of rotatable bonds is 2. The molecule has 2 aliphatic rings. The number of nitrogens with zero attached hydrogens (tertiary/aromatic N) is 1. The average molecular weight is 252 g/mol. The van der Waals surface area contributed by atoms with Crippen molar-refractivity contribution < 1.29 is 8.78 Å². The van der Waals surface area contributed by atoms with Crippen LogP contribution in [0.3, 0.4) is 0 Å². The van der Waals surface area contributed by atoms with Gasteiger partial charge in [0, 0.05) is 31.2 Å². The van der Waals surface area contributed by atoms with Crippen LogP contribution >= 0.6 is 0 Å². The van der Waals surface area contributed by atoms with Crippen LogP contribution < -0.4 is 5.32 Å². The molecule has 0 bridgehead atoms. The molecule has 0 amide bonds. The van der Waals surface area contributed by atoms with E-state index in [0.717, 1.165) is 19.6 Å². The van der Waals surface area contributed by atoms with E-state index in [0.29, 0.717) is 18.5 Å². The Kier molecular flexibility index (Phi) is 3.31. The topological polar surface area (TPSA) is 15.3 Å². The number of fused-ring (bicyclic) bond motifs is 1. The highest BCUT2D eigenvalue weighted by Gasteiger charge is 2.34. The molecular weight excluding hydrogens is 234 g/mol. The van der Waals surface area contributed by atoms with Crippen molar-refractivity contribution in [3.05, 3.63) is 35.4 Å². The van der Waals surface area contributed by atoms with Crippen molar-refractivity contribution in [2.75, 3.05) is 19.6 Å². The van der Waals surface area contributed by atoms with Crippen LogP contribution in [-0.2, 0) is 6.54 Å². The van der Waals surface area contributed by atoms with Crippen molar-refractivity contribution >= 4 is 0 Å². The van der Waals surface area contributed by atoms with Gasteiger partial charge in [0.15, 0.2) is 0 Å². The Morgan fingerprint density at radius 3 is 2.72 bits per heavy atom. The van der Waals surface area contributed by atoms with Crippen molar-refractivity contribution in [1.29, 1.82) is 0 Å². The molecule has 0 aliphatic carbocycles. The lowest BCUT2D eigenvalue weighted by Gasteiger charge is -2.24. The first-order valence-corrected chi connectivity index (χ1v) is 6.62. The van der Waals surface area contributed by atoms with Gasteiger partial charge in [-0.05, 0) is 37.4 Å². The number of hydrogen-bond acceptors (Lipinski definition) is 2. The molecule has 1 aromatic carbocycles. The molecule has 2 aliphatic heterocycles. The van der Waals surface area contributed by atoms with Crippen molar-refractivity contribution in [3.8, 4) is 0 Å². The minimum Gasteiger partial charge on any atom is -0.312 e. The van der Waals surface area contributed by atoms with E-state index >= 15 is 0 Å². The molecule has 4 heteroatoms. The van der Waals surface area contributed by atoms with Crippen molar-refractivity contribution in [2.24, 2.45) is 5.92 Å². The second-order valence-electron chi connectivity index (χ2n) is 5.36. The zero-order chi connectivity index (χ0) is 12.5. The van der Waals surface area contributed by atoms with Gasteiger partial charge >= 0.3 is 0 Å². The van der Waals surface area contributed by atoms with Crippen LogP contribution in [0.1, 0.15) is 18.4 Å². The summed E-state index contributed by atoms with van der Waals surface area (Å²) in [5, 5.41) is 3.50. The number of benzene rings is 1. The van der Waals surface area contributed by atoms with Gasteiger partial charge in [-0.15, -0.1) is 0 Å². The summed E-state index contributed by atoms with van der Waals surface area (Å²) >= 11 is 0. The van der Waals surface area contributed by atoms with E-state index in [9.17, 15) is 8.78 Å². The fraction of sp³-hybridized carbons (Fsp3) is 0.571. The molecule has 2 nitrogen and oxygen atoms in total. The van der Waals surface area contributed by atoms with Crippen LogP contribution in [0.15, 0.2) is 18.2 Å². The number of likely N-dealkylation sites (tertiary alicyclic amines) is 1. The molecule has 3 rings (SSSR count). The minimum absolute atomic E-state index is 0.205. The maximum Gasteiger partial charge on any atom is 0.130 e. The van der Waals surface area contributed by atoms with Gasteiger partial charge in [-0.1, -0.05) is 6.07 Å². The molecule has 2 atom stereocenters. The van der Waals surface area contributed by atoms with Crippen molar-refractivity contribution in [3.63, 3.8) is 0 Å². The Hall–Kier alpha value is -1.00. The van der Waals surface area contributed by atoms with Gasteiger partial charge in [-0.25, -0.2) is 8.78 Å². The molecule has 2 heterocycles. The monoisotopic (exact) mass is 252 g/mol. The number of halogens is 2. The number of nitrogens with one attached hydrogen (secondary N) is 1. The molecule has 0 saturated carbocycles. The van der Waals surface area contributed by atoms with Crippen LogP contribution in [0.4, 0.5) is 8.78 Å². The summed E-state index contributed by atoms with van der Waals surface area (Å²) in [7, 11) is 0. The summed E-state index contributed by atoms with van der Waals surface area (Å²) in [5.41, 5.74) is 0.205. The first-order chi connectivity index (χ1) is 8.74. The molecule has 98 valence electrons. The van der Waals surface area contributed by atoms with Gasteiger partial charge in [0.05, 0.1) is 0 Å². The van der Waals surface area contributed by atoms with Crippen molar-refractivity contribution in [1.82, 2.24) is 10.2 Å². The zero-order valence-electron chi connectivity index (χ0n) is 10.3. The summed E-state index contributed by atoms with van der Waals surface area (Å²) in [6.45, 7) is 3.31. The van der Waals surface area contributed by atoms with Crippen LogP contribution in [0.25, 0.3) is 0 Å². The minimum atomic E-state index is -0.433. The third-order valence-electron chi connectivity index (χ3n) is 4.12. The fourth-order valence-corrected chi connectivity index (χ4v) is 3.17. The van der Waals surface area contributed by atoms with Gasteiger partial charge in [0.25, 0.3) is 0 Å². The summed E-state index contributed by atoms with van der Waals surface area (Å²) in [4.78, 5) is 2.16. The molecule has 2 fully saturated rings. The molecule has 18 heavy (non-hydrogen) atoms. The van der Waals surface area contributed by atoms with E-state index in [-0.39, 0.29) is 5.56 Å². The Balaban J connectivity index is 1.70. The van der Waals surface area contributed by atoms with Crippen molar-refractivity contribution in [2.45, 2.75) is 25.4 Å². The summed E-state index contributed by atoms with van der Waals surface area (Å²) in [5.74, 6) is -0.218. The second kappa shape index (κ2) is 4.94. The van der Waals surface area contributed by atoms with Gasteiger partial charge in [0.2, 0.25) is 0 Å². The Morgan fingerprint density at radius 2 is 2.00 bits per heavy atom. The summed E-state index contributed by atoms with van der Waals surface area (Å²) in [6.07, 6.45) is 2.44. The number of hydrogen-bond donors (Lipinski definition) is 1. The average Bonchev–Trinajstić information content (AvgIpc) is 2.76. The second-order valence-corrected chi connectivity index (χ2v) is 5.36. The van der Waals surface area contributed by atoms with Crippen LogP contribution in [0.5, 0.6) is 0 Å². The standard InChI is InChI=1S/C14H18F2N2/c15-12-4-1-5-13(16)11(12)8-18-7-10-3-2-6-17-14(10)9-18/h1,4-5,10,14,17H,2-3,6-9H2/t10-,14+/m0/s1. The number of piperidine rings is 1. The van der Waals surface area contributed by atoms with Crippen LogP contribution in [-0.4, -0.2) is 30.6 Å². The third-order valence-corrected chi connectivity index (χ3v) is 4.12. The first-order valence-electron chi connectivity index (χ1n) is 6.62. The first kappa shape index (κ1) is 12.1. The maximum absolute atomic E-state index is 13.6. The van der Waals surface area contributed by atoms with E-state index in [1.165, 1.54) is 31.0 Å². The molecule has 0 spiro atoms. The van der Waals surface area contributed by atoms with E-state index < -0.39 is 11.6 Å². The zero-order valence-corrected chi connectivity index (χ0v) is 10.3. The molecule has 0 radical (unpaired) electrons. The maximum atomic E-state index is 13.6. The van der Waals surface area contributed by atoms with E-state index in [2.05, 4.69) is 10.2 Å². The molecule has 1 N–H and O–H groups in total. The molecule has 2 saturated heterocycles. The third kappa shape index (κ3) is 2.27. The largest absolute Gasteiger partial charge is 0.312 e. The van der Waals surface area contributed by atoms with E-state index in [4.69, 9.17) is 0 Å². The van der Waals surface area contributed by atoms with Gasteiger partial charge in [-0.2, -0.15) is 0 Å². The predicted molar refractivity (Wildman–Crippen MR) is 66.1 cm³/mol. The lowest BCUT2D eigenvalue weighted by atomic mass is 9.94. The van der Waals surface area contributed by atoms with Gasteiger partial charge in [0.1, 0.15) is 11.6 Å². The SMILES string of the molecule is Fc1cccc(F)c1CN1C[C@@H]2CCCN[C@@H]2C1. The highest BCUT2D eigenvalue weighted by molar-refractivity contribution is 5.19. The van der Waals surface area contributed by atoms with E-state index in [1.54, 1.807) is 0 Å². The van der Waals surface area contributed by atoms with Gasteiger partial charge < -0.3 is 5.32 Å². The molecule has 0 unspecified atom stereocenters. The lowest BCUT2D eigenvalue weighted by molar-refractivity contribution is 0.302. The fourth-order valence-electron chi connectivity index (χ4n) is 3.17. The Morgan fingerprint density at radius 1 is 1.22 bits per heavy atom. The highest BCUT2D eigenvalue weighted by atomic mass is 19.1. The normalized spacial score (nSPS) is 28.3. The quantitative estimate of drug-likeness (QED) is 0.867. The molecular formula is C14H18F2N2. The predicted octanol–water partition coefficient (Wildman–Crippen LogP) is 2.15. The van der Waals surface area contributed by atoms with Gasteiger partial charge in [-0.3, -0.25) is 4.90 Å². The highest BCUT2D eigenvalue weighted by Crippen LogP contribution is 2.27. The van der Waals surface area contributed by atoms with E-state index in [1.807, 2.05) is 0 Å². The summed E-state index contributed by atoms with van der Waals surface area (Å²) in [6, 6.07) is 4.59. The Labute approximate surface area is 106 Å². The molecule has 0 aromatic heterocycles. The molecule has 1 aromatic rings. The van der Waals surface area contributed by atoms with Crippen LogP contribution in [0.2, 0.25) is 0 Å².